The molecule has 0 aliphatic carbocycles. The molecule has 0 heterocycles. The summed E-state index contributed by atoms with van der Waals surface area (Å²) in [5.41, 5.74) is 1.67. The molecule has 2 heteroatoms. The predicted molar refractivity (Wildman–Crippen MR) is 58.7 cm³/mol. The quantitative estimate of drug-likeness (QED) is 0.656. The van der Waals surface area contributed by atoms with E-state index in [1.807, 2.05) is 13.8 Å². The van der Waals surface area contributed by atoms with Crippen molar-refractivity contribution in [1.82, 2.24) is 0 Å². The largest absolute Gasteiger partial charge is 0.389 e. The maximum Gasteiger partial charge on any atom is 0.0728 e. The Morgan fingerprint density at radius 1 is 0.929 bits per heavy atom. The Morgan fingerprint density at radius 2 is 1.21 bits per heavy atom. The standard InChI is InChI=1S/C12H18O2/c1-9(11(3)13)7-5-6-8-10(2)12(4)14/h7-8,11-14H,1-4H3. The van der Waals surface area contributed by atoms with Crippen molar-refractivity contribution in [2.45, 2.75) is 39.9 Å². The summed E-state index contributed by atoms with van der Waals surface area (Å²) in [5, 5.41) is 18.3. The lowest BCUT2D eigenvalue weighted by Crippen LogP contribution is -2.00. The first-order chi connectivity index (χ1) is 6.45. The highest BCUT2D eigenvalue weighted by Gasteiger charge is 1.95. The van der Waals surface area contributed by atoms with Gasteiger partial charge in [0.1, 0.15) is 0 Å². The van der Waals surface area contributed by atoms with Crippen LogP contribution in [0.15, 0.2) is 23.3 Å². The molecule has 0 radical (unpaired) electrons. The Kier molecular flexibility index (Phi) is 5.94. The summed E-state index contributed by atoms with van der Waals surface area (Å²) < 4.78 is 0. The Morgan fingerprint density at radius 3 is 1.43 bits per heavy atom. The van der Waals surface area contributed by atoms with Gasteiger partial charge in [0.15, 0.2) is 0 Å². The fourth-order valence-corrected chi connectivity index (χ4v) is 0.552. The van der Waals surface area contributed by atoms with Crippen molar-refractivity contribution in [3.05, 3.63) is 23.3 Å². The van der Waals surface area contributed by atoms with Gasteiger partial charge in [-0.15, -0.1) is 0 Å². The average Bonchev–Trinajstić information content (AvgIpc) is 2.11. The van der Waals surface area contributed by atoms with Gasteiger partial charge in [0.05, 0.1) is 12.2 Å². The van der Waals surface area contributed by atoms with Crippen molar-refractivity contribution < 1.29 is 10.2 Å². The van der Waals surface area contributed by atoms with Crippen molar-refractivity contribution >= 4 is 0 Å². The molecular weight excluding hydrogens is 176 g/mol. The fourth-order valence-electron chi connectivity index (χ4n) is 0.552. The van der Waals surface area contributed by atoms with Crippen LogP contribution in [-0.2, 0) is 0 Å². The van der Waals surface area contributed by atoms with Crippen LogP contribution < -0.4 is 0 Å². The van der Waals surface area contributed by atoms with Crippen molar-refractivity contribution in [3.63, 3.8) is 0 Å². The van der Waals surface area contributed by atoms with Gasteiger partial charge in [0.25, 0.3) is 0 Å². The number of aliphatic hydroxyl groups is 2. The van der Waals surface area contributed by atoms with E-state index in [0.717, 1.165) is 11.1 Å². The highest BCUT2D eigenvalue weighted by atomic mass is 16.3. The topological polar surface area (TPSA) is 40.5 Å². The lowest BCUT2D eigenvalue weighted by Gasteiger charge is -2.00. The van der Waals surface area contributed by atoms with Crippen LogP contribution in [0.2, 0.25) is 0 Å². The van der Waals surface area contributed by atoms with Crippen LogP contribution in [0.1, 0.15) is 27.7 Å². The minimum Gasteiger partial charge on any atom is -0.389 e. The third-order valence-corrected chi connectivity index (χ3v) is 2.00. The molecule has 2 nitrogen and oxygen atoms in total. The second kappa shape index (κ2) is 6.42. The summed E-state index contributed by atoms with van der Waals surface area (Å²) in [6.07, 6.45) is 2.45. The summed E-state index contributed by atoms with van der Waals surface area (Å²) in [4.78, 5) is 0. The minimum absolute atomic E-state index is 0.453. The van der Waals surface area contributed by atoms with Crippen LogP contribution in [0, 0.1) is 11.8 Å². The zero-order valence-corrected chi connectivity index (χ0v) is 9.20. The highest BCUT2D eigenvalue weighted by molar-refractivity contribution is 5.29. The van der Waals surface area contributed by atoms with E-state index in [0.29, 0.717) is 0 Å². The summed E-state index contributed by atoms with van der Waals surface area (Å²) in [7, 11) is 0. The van der Waals surface area contributed by atoms with E-state index < -0.39 is 12.2 Å². The minimum atomic E-state index is -0.453. The van der Waals surface area contributed by atoms with Crippen LogP contribution in [0.5, 0.6) is 0 Å². The van der Waals surface area contributed by atoms with Crippen molar-refractivity contribution in [2.24, 2.45) is 0 Å². The van der Waals surface area contributed by atoms with E-state index in [4.69, 9.17) is 10.2 Å². The fraction of sp³-hybridized carbons (Fsp3) is 0.500. The summed E-state index contributed by atoms with van der Waals surface area (Å²) >= 11 is 0. The first-order valence-corrected chi connectivity index (χ1v) is 4.65. The van der Waals surface area contributed by atoms with Crippen LogP contribution in [0.3, 0.4) is 0 Å². The van der Waals surface area contributed by atoms with Crippen LogP contribution >= 0.6 is 0 Å². The van der Waals surface area contributed by atoms with Gasteiger partial charge in [-0.05, 0) is 51.0 Å². The molecule has 2 atom stereocenters. The number of aliphatic hydroxyl groups excluding tert-OH is 2. The summed E-state index contributed by atoms with van der Waals surface area (Å²) in [6, 6.07) is 0. The normalized spacial score (nSPS) is 17.0. The van der Waals surface area contributed by atoms with Gasteiger partial charge in [-0.3, -0.25) is 0 Å². The van der Waals surface area contributed by atoms with E-state index in [9.17, 15) is 0 Å². The van der Waals surface area contributed by atoms with E-state index in [1.54, 1.807) is 26.0 Å². The maximum absolute atomic E-state index is 9.13. The molecule has 2 N–H and O–H groups in total. The van der Waals surface area contributed by atoms with E-state index >= 15 is 0 Å². The van der Waals surface area contributed by atoms with E-state index in [-0.39, 0.29) is 0 Å². The maximum atomic E-state index is 9.13. The predicted octanol–water partition coefficient (Wildman–Crippen LogP) is 1.64. The van der Waals surface area contributed by atoms with Gasteiger partial charge in [-0.1, -0.05) is 11.8 Å². The molecule has 14 heavy (non-hydrogen) atoms. The van der Waals surface area contributed by atoms with Gasteiger partial charge in [-0.2, -0.15) is 0 Å². The molecule has 78 valence electrons. The van der Waals surface area contributed by atoms with Gasteiger partial charge < -0.3 is 10.2 Å². The Balaban J connectivity index is 4.34. The Hall–Kier alpha value is -1.04. The van der Waals surface area contributed by atoms with Crippen molar-refractivity contribution in [2.75, 3.05) is 0 Å². The Labute approximate surface area is 86.0 Å². The first kappa shape index (κ1) is 13.0. The molecule has 0 amide bonds. The monoisotopic (exact) mass is 194 g/mol. The molecular formula is C12H18O2. The molecule has 0 bridgehead atoms. The summed E-state index contributed by atoms with van der Waals surface area (Å²) in [6.45, 7) is 7.05. The SMILES string of the molecule is CC(=CC#CC=C(C)C(C)O)C(C)O. The average molecular weight is 194 g/mol. The van der Waals surface area contributed by atoms with Crippen molar-refractivity contribution in [1.29, 1.82) is 0 Å². The van der Waals surface area contributed by atoms with Crippen LogP contribution in [-0.4, -0.2) is 22.4 Å². The van der Waals surface area contributed by atoms with E-state index in [1.165, 1.54) is 0 Å². The smallest absolute Gasteiger partial charge is 0.0728 e. The molecule has 0 aliphatic heterocycles. The molecule has 0 saturated carbocycles. The molecule has 0 aromatic carbocycles. The first-order valence-electron chi connectivity index (χ1n) is 4.65. The highest BCUT2D eigenvalue weighted by Crippen LogP contribution is 1.99. The van der Waals surface area contributed by atoms with Gasteiger partial charge in [-0.25, -0.2) is 0 Å². The number of allylic oxidation sites excluding steroid dienone is 2. The van der Waals surface area contributed by atoms with Gasteiger partial charge >= 0.3 is 0 Å². The Bertz CT molecular complexity index is 257. The zero-order valence-electron chi connectivity index (χ0n) is 9.20. The summed E-state index contributed by atoms with van der Waals surface area (Å²) in [5.74, 6) is 5.59. The number of rotatable bonds is 2. The zero-order chi connectivity index (χ0) is 11.1. The van der Waals surface area contributed by atoms with Crippen molar-refractivity contribution in [3.8, 4) is 11.8 Å². The third kappa shape index (κ3) is 5.58. The lowest BCUT2D eigenvalue weighted by molar-refractivity contribution is 0.231. The molecule has 0 aliphatic rings. The van der Waals surface area contributed by atoms with Gasteiger partial charge in [0.2, 0.25) is 0 Å². The third-order valence-electron chi connectivity index (χ3n) is 2.00. The molecule has 2 unspecified atom stereocenters. The second-order valence-corrected chi connectivity index (χ2v) is 3.42. The number of hydrogen-bond acceptors (Lipinski definition) is 2. The molecule has 0 saturated heterocycles. The molecule has 0 fully saturated rings. The lowest BCUT2D eigenvalue weighted by atomic mass is 10.1. The molecule has 0 spiro atoms. The molecule has 0 aromatic rings. The van der Waals surface area contributed by atoms with Gasteiger partial charge in [0, 0.05) is 0 Å². The number of hydrogen-bond donors (Lipinski definition) is 2. The van der Waals surface area contributed by atoms with Crippen LogP contribution in [0.25, 0.3) is 0 Å². The van der Waals surface area contributed by atoms with Crippen LogP contribution in [0.4, 0.5) is 0 Å². The second-order valence-electron chi connectivity index (χ2n) is 3.42. The van der Waals surface area contributed by atoms with E-state index in [2.05, 4.69) is 11.8 Å². The molecule has 0 rings (SSSR count). The molecule has 0 aromatic heterocycles.